The smallest absolute Gasteiger partial charge is 0.325 e. The molecule has 2 aromatic carbocycles. The molecule has 1 aliphatic rings. The van der Waals surface area contributed by atoms with Crippen LogP contribution in [0.2, 0.25) is 0 Å². The second-order valence-electron chi connectivity index (χ2n) is 8.32. The Morgan fingerprint density at radius 3 is 2.30 bits per heavy atom. The van der Waals surface area contributed by atoms with E-state index in [4.69, 9.17) is 4.42 Å². The van der Waals surface area contributed by atoms with Crippen LogP contribution in [0.15, 0.2) is 77.4 Å². The van der Waals surface area contributed by atoms with Gasteiger partial charge in [0.15, 0.2) is 5.54 Å². The van der Waals surface area contributed by atoms with Gasteiger partial charge in [-0.3, -0.25) is 14.5 Å². The van der Waals surface area contributed by atoms with Gasteiger partial charge in [0.25, 0.3) is 5.91 Å². The number of hydrogen-bond donors (Lipinski definition) is 2. The summed E-state index contributed by atoms with van der Waals surface area (Å²) < 4.78 is 5.34. The van der Waals surface area contributed by atoms with Gasteiger partial charge in [-0.15, -0.1) is 0 Å². The maximum absolute atomic E-state index is 13.2. The SMILES string of the molecule is CC(C)N(C(=O)CN1C(=O)NC(C)(c2ccco2)C1=O)c1ccc(Nc2ccccc2)cc1. The minimum atomic E-state index is -1.34. The quantitative estimate of drug-likeness (QED) is 0.530. The highest BCUT2D eigenvalue weighted by Gasteiger charge is 2.51. The lowest BCUT2D eigenvalue weighted by molar-refractivity contribution is -0.134. The third kappa shape index (κ3) is 4.32. The highest BCUT2D eigenvalue weighted by Crippen LogP contribution is 2.30. The molecule has 1 unspecified atom stereocenters. The largest absolute Gasteiger partial charge is 0.466 e. The van der Waals surface area contributed by atoms with Crippen LogP contribution < -0.4 is 15.5 Å². The first-order chi connectivity index (χ1) is 15.8. The highest BCUT2D eigenvalue weighted by atomic mass is 16.3. The molecule has 33 heavy (non-hydrogen) atoms. The number of imide groups is 1. The number of carbonyl (C=O) groups excluding carboxylic acids is 3. The number of nitrogens with zero attached hydrogens (tertiary/aromatic N) is 2. The molecule has 1 aromatic heterocycles. The topological polar surface area (TPSA) is 94.9 Å². The van der Waals surface area contributed by atoms with E-state index >= 15 is 0 Å². The van der Waals surface area contributed by atoms with E-state index in [1.54, 1.807) is 24.0 Å². The Balaban J connectivity index is 1.50. The number of anilines is 3. The average molecular weight is 447 g/mol. The molecular formula is C25H26N4O4. The molecule has 4 amide bonds. The van der Waals surface area contributed by atoms with Crippen molar-refractivity contribution in [3.63, 3.8) is 0 Å². The zero-order chi connectivity index (χ0) is 23.6. The summed E-state index contributed by atoms with van der Waals surface area (Å²) in [4.78, 5) is 41.3. The maximum atomic E-state index is 13.2. The van der Waals surface area contributed by atoms with Gasteiger partial charge in [-0.05, 0) is 69.3 Å². The van der Waals surface area contributed by atoms with E-state index in [9.17, 15) is 14.4 Å². The Bertz CT molecular complexity index is 1140. The van der Waals surface area contributed by atoms with E-state index < -0.39 is 17.5 Å². The zero-order valence-corrected chi connectivity index (χ0v) is 18.7. The van der Waals surface area contributed by atoms with Crippen LogP contribution in [0.3, 0.4) is 0 Å². The van der Waals surface area contributed by atoms with Crippen LogP contribution >= 0.6 is 0 Å². The Morgan fingerprint density at radius 2 is 1.70 bits per heavy atom. The molecule has 4 rings (SSSR count). The number of furan rings is 1. The lowest BCUT2D eigenvalue weighted by atomic mass is 9.99. The van der Waals surface area contributed by atoms with Crippen LogP contribution in [0.5, 0.6) is 0 Å². The Hall–Kier alpha value is -4.07. The van der Waals surface area contributed by atoms with Crippen molar-refractivity contribution in [1.29, 1.82) is 0 Å². The number of benzene rings is 2. The van der Waals surface area contributed by atoms with Crippen LogP contribution in [-0.4, -0.2) is 35.3 Å². The van der Waals surface area contributed by atoms with Crippen molar-refractivity contribution in [2.75, 3.05) is 16.8 Å². The standard InChI is InChI=1S/C25H26N4O4/c1-17(2)29(20-13-11-19(12-14-20)26-18-8-5-4-6-9-18)22(30)16-28-23(31)25(3,27-24(28)32)21-10-7-15-33-21/h4-15,17,26H,16H2,1-3H3,(H,27,32). The molecule has 8 heteroatoms. The minimum Gasteiger partial charge on any atom is -0.466 e. The van der Waals surface area contributed by atoms with E-state index in [1.807, 2.05) is 68.4 Å². The van der Waals surface area contributed by atoms with Crippen LogP contribution in [0.4, 0.5) is 21.9 Å². The van der Waals surface area contributed by atoms with Gasteiger partial charge in [-0.25, -0.2) is 4.79 Å². The molecule has 0 radical (unpaired) electrons. The number of hydrogen-bond acceptors (Lipinski definition) is 5. The van der Waals surface area contributed by atoms with Gasteiger partial charge in [0.1, 0.15) is 12.3 Å². The Labute approximate surface area is 192 Å². The predicted octanol–water partition coefficient (Wildman–Crippen LogP) is 4.23. The lowest BCUT2D eigenvalue weighted by Crippen LogP contribution is -2.46. The number of urea groups is 1. The molecule has 2 N–H and O–H groups in total. The summed E-state index contributed by atoms with van der Waals surface area (Å²) in [5.74, 6) is -0.569. The molecule has 8 nitrogen and oxygen atoms in total. The third-order valence-corrected chi connectivity index (χ3v) is 5.58. The fourth-order valence-corrected chi connectivity index (χ4v) is 3.91. The van der Waals surface area contributed by atoms with E-state index in [-0.39, 0.29) is 18.5 Å². The van der Waals surface area contributed by atoms with Crippen molar-refractivity contribution in [3.05, 3.63) is 78.8 Å². The third-order valence-electron chi connectivity index (χ3n) is 5.58. The van der Waals surface area contributed by atoms with Gasteiger partial charge in [-0.1, -0.05) is 18.2 Å². The summed E-state index contributed by atoms with van der Waals surface area (Å²) in [7, 11) is 0. The van der Waals surface area contributed by atoms with Crippen LogP contribution in [0.1, 0.15) is 26.5 Å². The molecule has 1 aliphatic heterocycles. The summed E-state index contributed by atoms with van der Waals surface area (Å²) in [5.41, 5.74) is 1.17. The summed E-state index contributed by atoms with van der Waals surface area (Å²) in [6.45, 7) is 4.96. The van der Waals surface area contributed by atoms with Crippen molar-refractivity contribution < 1.29 is 18.8 Å². The summed E-state index contributed by atoms with van der Waals surface area (Å²) in [6, 6.07) is 19.7. The second-order valence-corrected chi connectivity index (χ2v) is 8.32. The van der Waals surface area contributed by atoms with Crippen LogP contribution in [-0.2, 0) is 15.1 Å². The highest BCUT2D eigenvalue weighted by molar-refractivity contribution is 6.10. The maximum Gasteiger partial charge on any atom is 0.325 e. The van der Waals surface area contributed by atoms with E-state index in [1.165, 1.54) is 6.26 Å². The van der Waals surface area contributed by atoms with Crippen molar-refractivity contribution in [1.82, 2.24) is 10.2 Å². The molecule has 1 saturated heterocycles. The van der Waals surface area contributed by atoms with Crippen molar-refractivity contribution in [3.8, 4) is 0 Å². The molecular weight excluding hydrogens is 420 g/mol. The van der Waals surface area contributed by atoms with E-state index in [2.05, 4.69) is 10.6 Å². The molecule has 170 valence electrons. The number of rotatable bonds is 7. The van der Waals surface area contributed by atoms with Gasteiger partial charge < -0.3 is 20.0 Å². The Kier molecular flexibility index (Phi) is 5.91. The molecule has 2 heterocycles. The van der Waals surface area contributed by atoms with Crippen LogP contribution in [0.25, 0.3) is 0 Å². The van der Waals surface area contributed by atoms with Gasteiger partial charge in [-0.2, -0.15) is 0 Å². The van der Waals surface area contributed by atoms with Crippen molar-refractivity contribution in [2.45, 2.75) is 32.4 Å². The molecule has 1 fully saturated rings. The monoisotopic (exact) mass is 446 g/mol. The summed E-state index contributed by atoms with van der Waals surface area (Å²) >= 11 is 0. The molecule has 1 atom stereocenters. The molecule has 0 aliphatic carbocycles. The summed E-state index contributed by atoms with van der Waals surface area (Å²) in [6.07, 6.45) is 1.44. The first-order valence-electron chi connectivity index (χ1n) is 10.7. The number of nitrogens with one attached hydrogen (secondary N) is 2. The predicted molar refractivity (Wildman–Crippen MR) is 125 cm³/mol. The lowest BCUT2D eigenvalue weighted by Gasteiger charge is -2.28. The Morgan fingerprint density at radius 1 is 1.03 bits per heavy atom. The minimum absolute atomic E-state index is 0.178. The second kappa shape index (κ2) is 8.82. The zero-order valence-electron chi connectivity index (χ0n) is 18.7. The number of para-hydroxylation sites is 1. The van der Waals surface area contributed by atoms with Crippen molar-refractivity contribution in [2.24, 2.45) is 0 Å². The van der Waals surface area contributed by atoms with Crippen LogP contribution in [0, 0.1) is 0 Å². The normalized spacial score (nSPS) is 17.9. The summed E-state index contributed by atoms with van der Waals surface area (Å²) in [5, 5.41) is 5.94. The first-order valence-corrected chi connectivity index (χ1v) is 10.7. The van der Waals surface area contributed by atoms with Gasteiger partial charge in [0, 0.05) is 23.1 Å². The van der Waals surface area contributed by atoms with E-state index in [0.717, 1.165) is 16.3 Å². The van der Waals surface area contributed by atoms with E-state index in [0.29, 0.717) is 11.4 Å². The molecule has 3 aromatic rings. The number of carbonyl (C=O) groups is 3. The average Bonchev–Trinajstić information content (AvgIpc) is 3.40. The fraction of sp³-hybridized carbons (Fsp3) is 0.240. The van der Waals surface area contributed by atoms with Gasteiger partial charge in [0.05, 0.1) is 6.26 Å². The van der Waals surface area contributed by atoms with Crippen molar-refractivity contribution >= 4 is 34.9 Å². The molecule has 0 spiro atoms. The van der Waals surface area contributed by atoms with Gasteiger partial charge in [0.2, 0.25) is 5.91 Å². The molecule has 0 saturated carbocycles. The fourth-order valence-electron chi connectivity index (χ4n) is 3.91. The number of amides is 4. The van der Waals surface area contributed by atoms with Gasteiger partial charge >= 0.3 is 6.03 Å². The first kappa shape index (κ1) is 22.1. The molecule has 0 bridgehead atoms.